The second-order valence-corrected chi connectivity index (χ2v) is 5.48. The van der Waals surface area contributed by atoms with Crippen molar-refractivity contribution in [3.8, 4) is 0 Å². The normalized spacial score (nSPS) is 12.4. The first-order valence-corrected chi connectivity index (χ1v) is 6.81. The average molecular weight is 236 g/mol. The van der Waals surface area contributed by atoms with E-state index in [9.17, 15) is 4.79 Å². The second-order valence-electron chi connectivity index (χ2n) is 4.10. The first kappa shape index (κ1) is 13.3. The number of carbonyl (C=O) groups is 1. The van der Waals surface area contributed by atoms with Crippen LogP contribution in [-0.2, 0) is 4.79 Å². The molecule has 0 aliphatic heterocycles. The maximum absolute atomic E-state index is 11.2. The Morgan fingerprint density at radius 3 is 2.56 bits per heavy atom. The highest BCUT2D eigenvalue weighted by molar-refractivity contribution is 8.00. The van der Waals surface area contributed by atoms with Gasteiger partial charge in [-0.25, -0.2) is 0 Å². The van der Waals surface area contributed by atoms with Crippen LogP contribution in [0.3, 0.4) is 0 Å². The van der Waals surface area contributed by atoms with Crippen LogP contribution in [0.25, 0.3) is 0 Å². The number of hydrogen-bond acceptors (Lipinski definition) is 2. The molecule has 0 N–H and O–H groups in total. The standard InChI is InChI=1S/C14H20OS/c1-3-4-8-14(11-12(2)15)16-13-9-6-5-7-10-13/h5-7,9-10,14H,3-4,8,11H2,1-2H3. The molecule has 0 amide bonds. The van der Waals surface area contributed by atoms with Crippen LogP contribution >= 0.6 is 11.8 Å². The van der Waals surface area contributed by atoms with Crippen molar-refractivity contribution in [2.45, 2.75) is 49.7 Å². The van der Waals surface area contributed by atoms with Crippen LogP contribution in [0.1, 0.15) is 39.5 Å². The van der Waals surface area contributed by atoms with E-state index in [1.54, 1.807) is 6.92 Å². The highest BCUT2D eigenvalue weighted by Crippen LogP contribution is 2.28. The lowest BCUT2D eigenvalue weighted by Crippen LogP contribution is -2.07. The van der Waals surface area contributed by atoms with Crippen LogP contribution in [0.4, 0.5) is 0 Å². The number of unbranched alkanes of at least 4 members (excludes halogenated alkanes) is 1. The quantitative estimate of drug-likeness (QED) is 0.656. The smallest absolute Gasteiger partial charge is 0.130 e. The molecular formula is C14H20OS. The van der Waals surface area contributed by atoms with Gasteiger partial charge in [-0.3, -0.25) is 4.79 Å². The fourth-order valence-corrected chi connectivity index (χ4v) is 2.95. The number of benzene rings is 1. The van der Waals surface area contributed by atoms with Gasteiger partial charge in [0, 0.05) is 16.6 Å². The van der Waals surface area contributed by atoms with E-state index in [1.807, 2.05) is 30.0 Å². The Bertz CT molecular complexity index is 308. The van der Waals surface area contributed by atoms with Crippen molar-refractivity contribution in [2.24, 2.45) is 0 Å². The topological polar surface area (TPSA) is 17.1 Å². The number of ketones is 1. The molecule has 0 spiro atoms. The Balaban J connectivity index is 2.52. The first-order chi connectivity index (χ1) is 7.72. The third-order valence-corrected chi connectivity index (χ3v) is 3.72. The lowest BCUT2D eigenvalue weighted by atomic mass is 10.1. The van der Waals surface area contributed by atoms with Crippen molar-refractivity contribution in [3.05, 3.63) is 30.3 Å². The molecule has 1 nitrogen and oxygen atoms in total. The Kier molecular flexibility index (Phi) is 6.24. The zero-order chi connectivity index (χ0) is 11.8. The molecule has 0 saturated heterocycles. The van der Waals surface area contributed by atoms with E-state index >= 15 is 0 Å². The number of hydrogen-bond donors (Lipinski definition) is 0. The minimum Gasteiger partial charge on any atom is -0.300 e. The summed E-state index contributed by atoms with van der Waals surface area (Å²) in [6.07, 6.45) is 4.23. The zero-order valence-electron chi connectivity index (χ0n) is 10.1. The summed E-state index contributed by atoms with van der Waals surface area (Å²) in [7, 11) is 0. The Morgan fingerprint density at radius 2 is 2.00 bits per heavy atom. The molecule has 0 fully saturated rings. The van der Waals surface area contributed by atoms with Crippen LogP contribution in [0.2, 0.25) is 0 Å². The number of rotatable bonds is 7. The molecule has 0 bridgehead atoms. The third-order valence-electron chi connectivity index (χ3n) is 2.44. The van der Waals surface area contributed by atoms with Crippen molar-refractivity contribution >= 4 is 17.5 Å². The molecule has 1 atom stereocenters. The van der Waals surface area contributed by atoms with Gasteiger partial charge < -0.3 is 0 Å². The Morgan fingerprint density at radius 1 is 1.31 bits per heavy atom. The molecule has 1 aromatic carbocycles. The van der Waals surface area contributed by atoms with Crippen molar-refractivity contribution in [3.63, 3.8) is 0 Å². The Hall–Kier alpha value is -0.760. The van der Waals surface area contributed by atoms with Crippen molar-refractivity contribution in [1.29, 1.82) is 0 Å². The van der Waals surface area contributed by atoms with Gasteiger partial charge in [-0.05, 0) is 25.5 Å². The zero-order valence-corrected chi connectivity index (χ0v) is 10.9. The molecule has 0 saturated carbocycles. The molecular weight excluding hydrogens is 216 g/mol. The summed E-state index contributed by atoms with van der Waals surface area (Å²) in [4.78, 5) is 12.5. The predicted molar refractivity (Wildman–Crippen MR) is 70.9 cm³/mol. The third kappa shape index (κ3) is 5.36. The fraction of sp³-hybridized carbons (Fsp3) is 0.500. The van der Waals surface area contributed by atoms with Gasteiger partial charge >= 0.3 is 0 Å². The monoisotopic (exact) mass is 236 g/mol. The minimum absolute atomic E-state index is 0.296. The van der Waals surface area contributed by atoms with Gasteiger partial charge in [0.15, 0.2) is 0 Å². The Labute approximate surface area is 103 Å². The van der Waals surface area contributed by atoms with Crippen LogP contribution in [-0.4, -0.2) is 11.0 Å². The summed E-state index contributed by atoms with van der Waals surface area (Å²) in [5, 5.41) is 0.444. The largest absolute Gasteiger partial charge is 0.300 e. The van der Waals surface area contributed by atoms with E-state index < -0.39 is 0 Å². The summed E-state index contributed by atoms with van der Waals surface area (Å²) in [5.41, 5.74) is 0. The minimum atomic E-state index is 0.296. The molecule has 0 heterocycles. The van der Waals surface area contributed by atoms with Crippen LogP contribution in [0.5, 0.6) is 0 Å². The van der Waals surface area contributed by atoms with Crippen LogP contribution in [0.15, 0.2) is 35.2 Å². The maximum atomic E-state index is 11.2. The highest BCUT2D eigenvalue weighted by Gasteiger charge is 2.12. The van der Waals surface area contributed by atoms with E-state index in [4.69, 9.17) is 0 Å². The fourth-order valence-electron chi connectivity index (χ4n) is 1.65. The molecule has 16 heavy (non-hydrogen) atoms. The van der Waals surface area contributed by atoms with Crippen molar-refractivity contribution < 1.29 is 4.79 Å². The number of thioether (sulfide) groups is 1. The summed E-state index contributed by atoms with van der Waals surface area (Å²) >= 11 is 1.84. The molecule has 0 radical (unpaired) electrons. The molecule has 0 aliphatic rings. The summed E-state index contributed by atoms with van der Waals surface area (Å²) in [6, 6.07) is 10.4. The molecule has 1 rings (SSSR count). The number of Topliss-reactive ketones (excluding diaryl/α,β-unsaturated/α-hetero) is 1. The van der Waals surface area contributed by atoms with Crippen LogP contribution in [0, 0.1) is 0 Å². The lowest BCUT2D eigenvalue weighted by Gasteiger charge is -2.14. The molecule has 1 unspecified atom stereocenters. The van der Waals surface area contributed by atoms with E-state index in [0.29, 0.717) is 17.5 Å². The van der Waals surface area contributed by atoms with Gasteiger partial charge in [-0.1, -0.05) is 38.0 Å². The molecule has 0 aromatic heterocycles. The molecule has 2 heteroatoms. The van der Waals surface area contributed by atoms with E-state index in [2.05, 4.69) is 19.1 Å². The van der Waals surface area contributed by atoms with Gasteiger partial charge in [0.25, 0.3) is 0 Å². The lowest BCUT2D eigenvalue weighted by molar-refractivity contribution is -0.117. The SMILES string of the molecule is CCCCC(CC(C)=O)Sc1ccccc1. The summed E-state index contributed by atoms with van der Waals surface area (Å²) < 4.78 is 0. The molecule has 88 valence electrons. The van der Waals surface area contributed by atoms with Crippen molar-refractivity contribution in [2.75, 3.05) is 0 Å². The van der Waals surface area contributed by atoms with Gasteiger partial charge in [0.1, 0.15) is 5.78 Å². The van der Waals surface area contributed by atoms with E-state index in [1.165, 1.54) is 17.7 Å². The van der Waals surface area contributed by atoms with E-state index in [-0.39, 0.29) is 0 Å². The summed E-state index contributed by atoms with van der Waals surface area (Å²) in [5.74, 6) is 0.296. The van der Waals surface area contributed by atoms with E-state index in [0.717, 1.165) is 6.42 Å². The summed E-state index contributed by atoms with van der Waals surface area (Å²) in [6.45, 7) is 3.88. The van der Waals surface area contributed by atoms with Gasteiger partial charge in [-0.15, -0.1) is 11.8 Å². The van der Waals surface area contributed by atoms with Crippen molar-refractivity contribution in [1.82, 2.24) is 0 Å². The maximum Gasteiger partial charge on any atom is 0.130 e. The van der Waals surface area contributed by atoms with Gasteiger partial charge in [0.05, 0.1) is 0 Å². The number of carbonyl (C=O) groups excluding carboxylic acids is 1. The molecule has 0 aliphatic carbocycles. The average Bonchev–Trinajstić information content (AvgIpc) is 2.26. The second kappa shape index (κ2) is 7.50. The predicted octanol–water partition coefficient (Wildman–Crippen LogP) is 4.32. The highest BCUT2D eigenvalue weighted by atomic mass is 32.2. The molecule has 1 aromatic rings. The van der Waals surface area contributed by atoms with Gasteiger partial charge in [0.2, 0.25) is 0 Å². The van der Waals surface area contributed by atoms with Gasteiger partial charge in [-0.2, -0.15) is 0 Å². The first-order valence-electron chi connectivity index (χ1n) is 5.93. The van der Waals surface area contributed by atoms with Crippen LogP contribution < -0.4 is 0 Å².